The highest BCUT2D eigenvalue weighted by atomic mass is 16.7. The van der Waals surface area contributed by atoms with Gasteiger partial charge in [-0.15, -0.1) is 0 Å². The summed E-state index contributed by atoms with van der Waals surface area (Å²) in [6.45, 7) is 0.509. The molecular weight excluding hydrogens is 446 g/mol. The number of rotatable bonds is 8. The van der Waals surface area contributed by atoms with Crippen molar-refractivity contribution in [2.75, 3.05) is 13.6 Å². The summed E-state index contributed by atoms with van der Waals surface area (Å²) in [6.07, 6.45) is 3.14. The SMILES string of the molecule is O=C(NC(CCc1ccc2c(c1)OCO2)CCc1ccc2c(c1)OCO2)c1cc2ccccc2o1. The van der Waals surface area contributed by atoms with E-state index in [2.05, 4.69) is 5.32 Å². The number of carbonyl (C=O) groups excluding carboxylic acids is 1. The Morgan fingerprint density at radius 1 is 0.743 bits per heavy atom. The zero-order valence-corrected chi connectivity index (χ0v) is 19.1. The van der Waals surface area contributed by atoms with Crippen LogP contribution < -0.4 is 24.3 Å². The van der Waals surface area contributed by atoms with Crippen LogP contribution in [0.5, 0.6) is 23.0 Å². The van der Waals surface area contributed by atoms with Gasteiger partial charge in [0.25, 0.3) is 5.91 Å². The van der Waals surface area contributed by atoms with Gasteiger partial charge in [-0.25, -0.2) is 0 Å². The molecule has 0 bridgehead atoms. The number of benzene rings is 3. The van der Waals surface area contributed by atoms with Crippen LogP contribution in [0.15, 0.2) is 71.1 Å². The molecule has 0 spiro atoms. The summed E-state index contributed by atoms with van der Waals surface area (Å²) in [7, 11) is 0. The smallest absolute Gasteiger partial charge is 0.287 e. The molecule has 3 aromatic carbocycles. The third kappa shape index (κ3) is 4.62. The number of furan rings is 1. The van der Waals surface area contributed by atoms with Gasteiger partial charge in [-0.05, 0) is 73.2 Å². The molecule has 2 aliphatic heterocycles. The molecule has 0 saturated heterocycles. The first-order valence-corrected chi connectivity index (χ1v) is 11.8. The fourth-order valence-corrected chi connectivity index (χ4v) is 4.51. The number of hydrogen-bond acceptors (Lipinski definition) is 6. The predicted molar refractivity (Wildman–Crippen MR) is 129 cm³/mol. The highest BCUT2D eigenvalue weighted by Gasteiger charge is 2.20. The van der Waals surface area contributed by atoms with E-state index in [0.717, 1.165) is 65.2 Å². The first-order valence-electron chi connectivity index (χ1n) is 11.8. The Balaban J connectivity index is 1.16. The van der Waals surface area contributed by atoms with Crippen molar-refractivity contribution in [1.29, 1.82) is 0 Å². The van der Waals surface area contributed by atoms with Crippen molar-refractivity contribution in [3.63, 3.8) is 0 Å². The van der Waals surface area contributed by atoms with Crippen LogP contribution in [-0.4, -0.2) is 25.5 Å². The summed E-state index contributed by atoms with van der Waals surface area (Å²) in [5.41, 5.74) is 2.98. The fraction of sp³-hybridized carbons (Fsp3) is 0.250. The Labute approximate surface area is 202 Å². The second kappa shape index (κ2) is 9.25. The third-order valence-electron chi connectivity index (χ3n) is 6.42. The van der Waals surface area contributed by atoms with E-state index in [0.29, 0.717) is 11.3 Å². The predicted octanol–water partition coefficient (Wildman–Crippen LogP) is 5.25. The maximum absolute atomic E-state index is 13.1. The summed E-state index contributed by atoms with van der Waals surface area (Å²) < 4.78 is 27.6. The topological polar surface area (TPSA) is 79.2 Å². The summed E-state index contributed by atoms with van der Waals surface area (Å²) in [6, 6.07) is 21.4. The molecule has 4 aromatic rings. The van der Waals surface area contributed by atoms with Crippen LogP contribution in [0.1, 0.15) is 34.5 Å². The average molecular weight is 472 g/mol. The van der Waals surface area contributed by atoms with Crippen molar-refractivity contribution in [2.45, 2.75) is 31.7 Å². The van der Waals surface area contributed by atoms with Crippen LogP contribution in [0, 0.1) is 0 Å². The highest BCUT2D eigenvalue weighted by Crippen LogP contribution is 2.34. The number of nitrogens with one attached hydrogen (secondary N) is 1. The molecule has 1 N–H and O–H groups in total. The average Bonchev–Trinajstić information content (AvgIpc) is 3.63. The number of para-hydroxylation sites is 1. The van der Waals surface area contributed by atoms with E-state index < -0.39 is 0 Å². The van der Waals surface area contributed by atoms with Gasteiger partial charge in [-0.2, -0.15) is 0 Å². The largest absolute Gasteiger partial charge is 0.454 e. The minimum absolute atomic E-state index is 0.0495. The Morgan fingerprint density at radius 2 is 1.34 bits per heavy atom. The van der Waals surface area contributed by atoms with Crippen LogP contribution in [0.2, 0.25) is 0 Å². The molecular formula is C28H25NO6. The van der Waals surface area contributed by atoms with E-state index in [4.69, 9.17) is 23.4 Å². The molecule has 0 atom stereocenters. The maximum Gasteiger partial charge on any atom is 0.287 e. The highest BCUT2D eigenvalue weighted by molar-refractivity contribution is 5.96. The minimum Gasteiger partial charge on any atom is -0.454 e. The van der Waals surface area contributed by atoms with Crippen molar-refractivity contribution in [3.05, 3.63) is 83.6 Å². The van der Waals surface area contributed by atoms with Gasteiger partial charge < -0.3 is 28.7 Å². The molecule has 178 valence electrons. The molecule has 7 nitrogen and oxygen atoms in total. The van der Waals surface area contributed by atoms with Gasteiger partial charge in [0.15, 0.2) is 28.8 Å². The van der Waals surface area contributed by atoms with Crippen molar-refractivity contribution in [1.82, 2.24) is 5.32 Å². The monoisotopic (exact) mass is 471 g/mol. The molecule has 6 rings (SSSR count). The number of hydrogen-bond donors (Lipinski definition) is 1. The third-order valence-corrected chi connectivity index (χ3v) is 6.42. The first kappa shape index (κ1) is 21.4. The van der Waals surface area contributed by atoms with Gasteiger partial charge in [0.1, 0.15) is 5.58 Å². The van der Waals surface area contributed by atoms with E-state index in [1.807, 2.05) is 60.7 Å². The van der Waals surface area contributed by atoms with E-state index in [1.54, 1.807) is 6.07 Å². The molecule has 0 radical (unpaired) electrons. The van der Waals surface area contributed by atoms with E-state index in [-0.39, 0.29) is 25.5 Å². The minimum atomic E-state index is -0.206. The zero-order valence-electron chi connectivity index (χ0n) is 19.1. The summed E-state index contributed by atoms with van der Waals surface area (Å²) in [5, 5.41) is 4.11. The Bertz CT molecular complexity index is 1280. The lowest BCUT2D eigenvalue weighted by Crippen LogP contribution is -2.35. The Morgan fingerprint density at radius 3 is 1.97 bits per heavy atom. The van der Waals surface area contributed by atoms with E-state index in [9.17, 15) is 4.79 Å². The second-order valence-electron chi connectivity index (χ2n) is 8.77. The molecule has 2 aliphatic rings. The number of fused-ring (bicyclic) bond motifs is 3. The Hall–Kier alpha value is -4.13. The van der Waals surface area contributed by atoms with Crippen molar-refractivity contribution >= 4 is 16.9 Å². The number of ether oxygens (including phenoxy) is 4. The summed E-state index contributed by atoms with van der Waals surface area (Å²) >= 11 is 0. The van der Waals surface area contributed by atoms with Gasteiger partial charge in [0.05, 0.1) is 0 Å². The molecule has 35 heavy (non-hydrogen) atoms. The summed E-state index contributed by atoms with van der Waals surface area (Å²) in [4.78, 5) is 13.1. The van der Waals surface area contributed by atoms with Crippen LogP contribution in [0.3, 0.4) is 0 Å². The van der Waals surface area contributed by atoms with Crippen LogP contribution in [-0.2, 0) is 12.8 Å². The summed E-state index contributed by atoms with van der Waals surface area (Å²) in [5.74, 6) is 3.19. The maximum atomic E-state index is 13.1. The number of aryl methyl sites for hydroxylation is 2. The lowest BCUT2D eigenvalue weighted by Gasteiger charge is -2.19. The normalized spacial score (nSPS) is 13.5. The van der Waals surface area contributed by atoms with Crippen molar-refractivity contribution in [3.8, 4) is 23.0 Å². The lowest BCUT2D eigenvalue weighted by atomic mass is 9.98. The lowest BCUT2D eigenvalue weighted by molar-refractivity contribution is 0.0907. The standard InChI is InChI=1S/C28H25NO6/c30-28(27-15-20-3-1-2-4-22(20)35-27)29-21(9-5-18-7-11-23-25(13-18)33-16-31-23)10-6-19-8-12-24-26(14-19)34-17-32-24/h1-4,7-8,11-15,21H,5-6,9-10,16-17H2,(H,29,30). The molecule has 0 saturated carbocycles. The van der Waals surface area contributed by atoms with Gasteiger partial charge in [0.2, 0.25) is 13.6 Å². The second-order valence-corrected chi connectivity index (χ2v) is 8.77. The molecule has 0 fully saturated rings. The van der Waals surface area contributed by atoms with Gasteiger partial charge in [-0.1, -0.05) is 30.3 Å². The molecule has 0 aliphatic carbocycles. The molecule has 1 amide bonds. The molecule has 1 aromatic heterocycles. The zero-order chi connectivity index (χ0) is 23.6. The molecule has 3 heterocycles. The van der Waals surface area contributed by atoms with Crippen LogP contribution >= 0.6 is 0 Å². The van der Waals surface area contributed by atoms with E-state index in [1.165, 1.54) is 0 Å². The molecule has 7 heteroatoms. The van der Waals surface area contributed by atoms with Crippen molar-refractivity contribution in [2.24, 2.45) is 0 Å². The van der Waals surface area contributed by atoms with Crippen LogP contribution in [0.4, 0.5) is 0 Å². The van der Waals surface area contributed by atoms with Crippen LogP contribution in [0.25, 0.3) is 11.0 Å². The number of amides is 1. The number of carbonyl (C=O) groups is 1. The van der Waals surface area contributed by atoms with Crippen molar-refractivity contribution < 1.29 is 28.2 Å². The van der Waals surface area contributed by atoms with Gasteiger partial charge in [0, 0.05) is 11.4 Å². The van der Waals surface area contributed by atoms with E-state index >= 15 is 0 Å². The molecule has 0 unspecified atom stereocenters. The Kier molecular flexibility index (Phi) is 5.66. The van der Waals surface area contributed by atoms with Gasteiger partial charge in [-0.3, -0.25) is 4.79 Å². The quantitative estimate of drug-likeness (QED) is 0.378. The first-order chi connectivity index (χ1) is 17.2. The van der Waals surface area contributed by atoms with Gasteiger partial charge >= 0.3 is 0 Å². The fourth-order valence-electron chi connectivity index (χ4n) is 4.51.